The molecule has 0 saturated heterocycles. The van der Waals surface area contributed by atoms with E-state index in [2.05, 4.69) is 4.74 Å². The Morgan fingerprint density at radius 1 is 1.58 bits per heavy atom. The van der Waals surface area contributed by atoms with E-state index in [0.29, 0.717) is 10.6 Å². The van der Waals surface area contributed by atoms with Crippen molar-refractivity contribution in [1.82, 2.24) is 0 Å². The molecule has 0 aliphatic rings. The van der Waals surface area contributed by atoms with Crippen molar-refractivity contribution in [2.45, 2.75) is 0 Å². The normalized spacial score (nSPS) is 9.50. The molecule has 0 bridgehead atoms. The lowest BCUT2D eigenvalue weighted by atomic mass is 10.2. The quantitative estimate of drug-likeness (QED) is 0.495. The summed E-state index contributed by atoms with van der Waals surface area (Å²) in [6.45, 7) is 0. The van der Waals surface area contributed by atoms with E-state index in [-0.39, 0.29) is 5.75 Å². The zero-order valence-corrected chi connectivity index (χ0v) is 7.18. The van der Waals surface area contributed by atoms with Crippen molar-refractivity contribution in [3.63, 3.8) is 0 Å². The Labute approximate surface area is 74.5 Å². The Bertz CT molecular complexity index is 309. The minimum Gasteiger partial charge on any atom is -0.592 e. The van der Waals surface area contributed by atoms with Crippen LogP contribution in [0.3, 0.4) is 0 Å². The highest BCUT2D eigenvalue weighted by atomic mass is 35.5. The highest BCUT2D eigenvalue weighted by Crippen LogP contribution is 2.23. The van der Waals surface area contributed by atoms with Crippen LogP contribution in [0.15, 0.2) is 18.2 Å². The fraction of sp³-hybridized carbons (Fsp3) is 0.125. The molecule has 4 heteroatoms. The molecule has 12 heavy (non-hydrogen) atoms. The minimum atomic E-state index is -0.458. The van der Waals surface area contributed by atoms with E-state index < -0.39 is 5.97 Å². The number of halogens is 1. The van der Waals surface area contributed by atoms with Gasteiger partial charge in [0.25, 0.3) is 5.75 Å². The van der Waals surface area contributed by atoms with Gasteiger partial charge in [0, 0.05) is 6.07 Å². The molecule has 1 aromatic carbocycles. The Morgan fingerprint density at radius 3 is 2.75 bits per heavy atom. The monoisotopic (exact) mass is 187 g/mol. The SMILES string of the molecule is COC(=O)c1ccc(Cl)c([OH2+])c1. The van der Waals surface area contributed by atoms with Gasteiger partial charge in [-0.3, -0.25) is 0 Å². The number of hydrogen-bond acceptors (Lipinski definition) is 2. The van der Waals surface area contributed by atoms with Crippen LogP contribution in [0.25, 0.3) is 0 Å². The van der Waals surface area contributed by atoms with Gasteiger partial charge in [0.1, 0.15) is 5.02 Å². The molecule has 0 saturated carbocycles. The number of carbonyl (C=O) groups excluding carboxylic acids is 1. The van der Waals surface area contributed by atoms with Crippen LogP contribution in [0.4, 0.5) is 0 Å². The maximum atomic E-state index is 10.9. The van der Waals surface area contributed by atoms with Crippen LogP contribution >= 0.6 is 11.6 Å². The maximum absolute atomic E-state index is 10.9. The van der Waals surface area contributed by atoms with Crippen LogP contribution in [-0.2, 0) is 4.74 Å². The molecule has 0 radical (unpaired) electrons. The highest BCUT2D eigenvalue weighted by Gasteiger charge is 2.09. The first-order valence-electron chi connectivity index (χ1n) is 3.24. The maximum Gasteiger partial charge on any atom is 0.338 e. The van der Waals surface area contributed by atoms with Crippen molar-refractivity contribution in [2.75, 3.05) is 7.11 Å². The summed E-state index contributed by atoms with van der Waals surface area (Å²) in [5.74, 6) is -0.334. The zero-order valence-electron chi connectivity index (χ0n) is 6.43. The Balaban J connectivity index is 3.05. The van der Waals surface area contributed by atoms with Gasteiger partial charge in [0.05, 0.1) is 12.7 Å². The molecule has 0 aliphatic carbocycles. The highest BCUT2D eigenvalue weighted by molar-refractivity contribution is 6.32. The summed E-state index contributed by atoms with van der Waals surface area (Å²) in [7, 11) is 1.29. The molecule has 64 valence electrons. The second-order valence-electron chi connectivity index (χ2n) is 2.19. The second kappa shape index (κ2) is 3.45. The molecule has 3 nitrogen and oxygen atoms in total. The van der Waals surface area contributed by atoms with Crippen LogP contribution < -0.4 is 0 Å². The largest absolute Gasteiger partial charge is 0.592 e. The summed E-state index contributed by atoms with van der Waals surface area (Å²) in [4.78, 5) is 10.9. The van der Waals surface area contributed by atoms with Crippen LogP contribution in [0.5, 0.6) is 5.75 Å². The molecule has 0 aliphatic heterocycles. The summed E-state index contributed by atoms with van der Waals surface area (Å²) in [6.07, 6.45) is 0. The number of rotatable bonds is 1. The van der Waals surface area contributed by atoms with E-state index in [1.54, 1.807) is 0 Å². The summed E-state index contributed by atoms with van der Waals surface area (Å²) >= 11 is 5.59. The van der Waals surface area contributed by atoms with Gasteiger partial charge < -0.3 is 9.84 Å². The third-order valence-electron chi connectivity index (χ3n) is 1.39. The van der Waals surface area contributed by atoms with Crippen molar-refractivity contribution in [1.29, 1.82) is 0 Å². The van der Waals surface area contributed by atoms with Crippen molar-refractivity contribution in [3.05, 3.63) is 28.8 Å². The van der Waals surface area contributed by atoms with Gasteiger partial charge in [-0.25, -0.2) is 4.79 Å². The molecule has 0 amide bonds. The van der Waals surface area contributed by atoms with E-state index in [4.69, 9.17) is 16.7 Å². The van der Waals surface area contributed by atoms with Gasteiger partial charge in [0.15, 0.2) is 0 Å². The number of esters is 1. The Hall–Kier alpha value is -1.22. The summed E-state index contributed by atoms with van der Waals surface area (Å²) < 4.78 is 4.47. The van der Waals surface area contributed by atoms with Gasteiger partial charge in [0.2, 0.25) is 0 Å². The van der Waals surface area contributed by atoms with Gasteiger partial charge >= 0.3 is 5.97 Å². The predicted molar refractivity (Wildman–Crippen MR) is 45.9 cm³/mol. The molecule has 0 atom stereocenters. The van der Waals surface area contributed by atoms with Gasteiger partial charge in [-0.2, -0.15) is 0 Å². The van der Waals surface area contributed by atoms with Gasteiger partial charge in [-0.1, -0.05) is 11.6 Å². The molecule has 0 fully saturated rings. The first-order chi connectivity index (χ1) is 5.65. The molecule has 0 aromatic heterocycles. The van der Waals surface area contributed by atoms with Crippen molar-refractivity contribution < 1.29 is 14.6 Å². The smallest absolute Gasteiger partial charge is 0.338 e. The third-order valence-corrected chi connectivity index (χ3v) is 1.72. The fourth-order valence-electron chi connectivity index (χ4n) is 0.770. The molecule has 0 heterocycles. The molecule has 2 N–H and O–H groups in total. The molecule has 0 spiro atoms. The Morgan fingerprint density at radius 2 is 2.25 bits per heavy atom. The number of hydrogen-bond donors (Lipinski definition) is 0. The van der Waals surface area contributed by atoms with Gasteiger partial charge in [-0.15, -0.1) is 0 Å². The first kappa shape index (κ1) is 8.87. The van der Waals surface area contributed by atoms with E-state index >= 15 is 0 Å². The van der Waals surface area contributed by atoms with E-state index in [0.717, 1.165) is 0 Å². The number of benzene rings is 1. The topological polar surface area (TPSA) is 49.2 Å². The average Bonchev–Trinajstić information content (AvgIpc) is 2.08. The lowest BCUT2D eigenvalue weighted by molar-refractivity contribution is 0.0600. The van der Waals surface area contributed by atoms with Crippen molar-refractivity contribution >= 4 is 17.6 Å². The van der Waals surface area contributed by atoms with Crippen LogP contribution in [0.1, 0.15) is 10.4 Å². The summed E-state index contributed by atoms with van der Waals surface area (Å²) in [5.41, 5.74) is 0.340. The number of ether oxygens (including phenoxy) is 1. The van der Waals surface area contributed by atoms with Crippen molar-refractivity contribution in [3.8, 4) is 5.75 Å². The number of methoxy groups -OCH3 is 1. The summed E-state index contributed by atoms with van der Waals surface area (Å²) in [5, 5.41) is 7.61. The van der Waals surface area contributed by atoms with Crippen molar-refractivity contribution in [2.24, 2.45) is 0 Å². The number of carbonyl (C=O) groups is 1. The lowest BCUT2D eigenvalue weighted by Gasteiger charge is -1.98. The predicted octanol–water partition coefficient (Wildman–Crippen LogP) is 1.56. The minimum absolute atomic E-state index is 0.125. The third kappa shape index (κ3) is 1.68. The van der Waals surface area contributed by atoms with E-state index in [1.165, 1.54) is 25.3 Å². The van der Waals surface area contributed by atoms with Crippen LogP contribution in [-0.4, -0.2) is 18.2 Å². The molecule has 1 aromatic rings. The first-order valence-corrected chi connectivity index (χ1v) is 3.62. The van der Waals surface area contributed by atoms with E-state index in [9.17, 15) is 4.79 Å². The second-order valence-corrected chi connectivity index (χ2v) is 2.59. The fourth-order valence-corrected chi connectivity index (χ4v) is 0.888. The zero-order chi connectivity index (χ0) is 9.14. The van der Waals surface area contributed by atoms with Crippen LogP contribution in [0, 0.1) is 0 Å². The summed E-state index contributed by atoms with van der Waals surface area (Å²) in [6, 6.07) is 4.39. The molecular formula is C8H8ClO3+. The average molecular weight is 188 g/mol. The lowest BCUT2D eigenvalue weighted by Crippen LogP contribution is -2.00. The van der Waals surface area contributed by atoms with Crippen LogP contribution in [0.2, 0.25) is 5.02 Å². The molecular weight excluding hydrogens is 180 g/mol. The Kier molecular flexibility index (Phi) is 2.55. The van der Waals surface area contributed by atoms with Gasteiger partial charge in [-0.05, 0) is 12.1 Å². The molecule has 1 rings (SSSR count). The standard InChI is InChI=1S/C8H7ClO3/c1-12-8(11)5-2-3-6(9)7(10)4-5/h2-4,10H,1H3/p+1. The van der Waals surface area contributed by atoms with E-state index in [1.807, 2.05) is 0 Å². The molecule has 0 unspecified atom stereocenters.